The molecular formula is C17H24O. The van der Waals surface area contributed by atoms with E-state index < -0.39 is 0 Å². The molecule has 1 nitrogen and oxygen atoms in total. The molecule has 98 valence electrons. The van der Waals surface area contributed by atoms with Crippen molar-refractivity contribution in [2.75, 3.05) is 0 Å². The van der Waals surface area contributed by atoms with Crippen molar-refractivity contribution in [2.45, 2.75) is 45.6 Å². The lowest BCUT2D eigenvalue weighted by molar-refractivity contribution is 0.104. The lowest BCUT2D eigenvalue weighted by Gasteiger charge is -2.20. The topological polar surface area (TPSA) is 20.2 Å². The summed E-state index contributed by atoms with van der Waals surface area (Å²) in [5.74, 6) is 3.11. The van der Waals surface area contributed by atoms with E-state index >= 15 is 0 Å². The Bertz CT molecular complexity index is 396. The second-order valence-electron chi connectivity index (χ2n) is 6.77. The smallest absolute Gasteiger partial charge is 0.0818 e. The normalized spacial score (nSPS) is 31.4. The van der Waals surface area contributed by atoms with Crippen LogP contribution in [-0.4, -0.2) is 5.11 Å². The van der Waals surface area contributed by atoms with E-state index in [0.29, 0.717) is 11.8 Å². The first-order valence-electron chi connectivity index (χ1n) is 7.40. The summed E-state index contributed by atoms with van der Waals surface area (Å²) in [4.78, 5) is 0. The molecule has 1 heteroatoms. The zero-order chi connectivity index (χ0) is 12.7. The molecule has 0 aliphatic heterocycles. The van der Waals surface area contributed by atoms with Gasteiger partial charge >= 0.3 is 0 Å². The van der Waals surface area contributed by atoms with Crippen molar-refractivity contribution in [2.24, 2.45) is 23.7 Å². The lowest BCUT2D eigenvalue weighted by atomic mass is 9.90. The Morgan fingerprint density at radius 2 is 1.67 bits per heavy atom. The molecule has 1 aromatic carbocycles. The fourth-order valence-corrected chi connectivity index (χ4v) is 3.61. The Kier molecular flexibility index (Phi) is 3.19. The van der Waals surface area contributed by atoms with Crippen LogP contribution in [0.3, 0.4) is 0 Å². The van der Waals surface area contributed by atoms with Crippen molar-refractivity contribution in [3.63, 3.8) is 0 Å². The van der Waals surface area contributed by atoms with Crippen LogP contribution < -0.4 is 0 Å². The minimum atomic E-state index is -0.231. The summed E-state index contributed by atoms with van der Waals surface area (Å²) in [6, 6.07) is 8.64. The zero-order valence-electron chi connectivity index (χ0n) is 11.5. The maximum atomic E-state index is 10.4. The van der Waals surface area contributed by atoms with Crippen LogP contribution in [0.5, 0.6) is 0 Å². The first kappa shape index (κ1) is 12.2. The monoisotopic (exact) mass is 244 g/mol. The van der Waals surface area contributed by atoms with E-state index in [-0.39, 0.29) is 6.10 Å². The summed E-state index contributed by atoms with van der Waals surface area (Å²) in [6.07, 6.45) is 4.82. The van der Waals surface area contributed by atoms with Crippen LogP contribution >= 0.6 is 0 Å². The van der Waals surface area contributed by atoms with Crippen molar-refractivity contribution in [1.82, 2.24) is 0 Å². The van der Waals surface area contributed by atoms with Gasteiger partial charge in [0.05, 0.1) is 6.10 Å². The molecule has 0 aromatic heterocycles. The second kappa shape index (κ2) is 4.70. The molecule has 0 saturated heterocycles. The Morgan fingerprint density at radius 3 is 2.22 bits per heavy atom. The predicted molar refractivity (Wildman–Crippen MR) is 74.3 cm³/mol. The molecule has 0 spiro atoms. The molecule has 2 aliphatic rings. The minimum absolute atomic E-state index is 0.231. The van der Waals surface area contributed by atoms with Gasteiger partial charge in [0.2, 0.25) is 0 Å². The molecule has 2 saturated carbocycles. The van der Waals surface area contributed by atoms with Crippen molar-refractivity contribution in [3.8, 4) is 0 Å². The SMILES string of the molecule is CC(C)Cc1ccc(C(O)C2CC3CC3C2)cc1. The molecule has 0 radical (unpaired) electrons. The van der Waals surface area contributed by atoms with Crippen molar-refractivity contribution in [1.29, 1.82) is 0 Å². The maximum absolute atomic E-state index is 10.4. The number of hydrogen-bond donors (Lipinski definition) is 1. The molecule has 0 amide bonds. The fourth-order valence-electron chi connectivity index (χ4n) is 3.61. The van der Waals surface area contributed by atoms with E-state index in [4.69, 9.17) is 0 Å². The third kappa shape index (κ3) is 2.47. The first-order chi connectivity index (χ1) is 8.63. The van der Waals surface area contributed by atoms with Crippen LogP contribution in [-0.2, 0) is 6.42 Å². The van der Waals surface area contributed by atoms with Gasteiger partial charge in [-0.3, -0.25) is 0 Å². The van der Waals surface area contributed by atoms with E-state index in [1.54, 1.807) is 0 Å². The molecule has 2 aliphatic carbocycles. The van der Waals surface area contributed by atoms with Gasteiger partial charge in [0, 0.05) is 0 Å². The summed E-state index contributed by atoms with van der Waals surface area (Å²) < 4.78 is 0. The molecule has 2 fully saturated rings. The molecule has 18 heavy (non-hydrogen) atoms. The highest BCUT2D eigenvalue weighted by molar-refractivity contribution is 5.25. The van der Waals surface area contributed by atoms with Gasteiger partial charge < -0.3 is 5.11 Å². The second-order valence-corrected chi connectivity index (χ2v) is 6.77. The zero-order valence-corrected chi connectivity index (χ0v) is 11.5. The largest absolute Gasteiger partial charge is 0.388 e. The number of rotatable bonds is 4. The fraction of sp³-hybridized carbons (Fsp3) is 0.647. The van der Waals surface area contributed by atoms with Crippen LogP contribution in [0.1, 0.15) is 50.3 Å². The third-order valence-electron chi connectivity index (χ3n) is 4.69. The highest BCUT2D eigenvalue weighted by Gasteiger charge is 2.47. The number of benzene rings is 1. The van der Waals surface area contributed by atoms with Gasteiger partial charge in [-0.15, -0.1) is 0 Å². The van der Waals surface area contributed by atoms with Crippen molar-refractivity contribution >= 4 is 0 Å². The van der Waals surface area contributed by atoms with Crippen molar-refractivity contribution in [3.05, 3.63) is 35.4 Å². The Morgan fingerprint density at radius 1 is 1.06 bits per heavy atom. The molecule has 0 heterocycles. The Hall–Kier alpha value is -0.820. The number of aliphatic hydroxyl groups is 1. The van der Waals surface area contributed by atoms with E-state index in [1.165, 1.54) is 24.8 Å². The predicted octanol–water partition coefficient (Wildman–Crippen LogP) is 3.96. The molecule has 3 unspecified atom stereocenters. The van der Waals surface area contributed by atoms with Gasteiger partial charge in [0.1, 0.15) is 0 Å². The molecule has 1 aromatic rings. The van der Waals surface area contributed by atoms with Crippen LogP contribution in [0.2, 0.25) is 0 Å². The van der Waals surface area contributed by atoms with Gasteiger partial charge in [-0.25, -0.2) is 0 Å². The summed E-state index contributed by atoms with van der Waals surface area (Å²) in [5.41, 5.74) is 2.50. The Labute approximate surface area is 110 Å². The summed E-state index contributed by atoms with van der Waals surface area (Å²) in [6.45, 7) is 4.49. The minimum Gasteiger partial charge on any atom is -0.388 e. The first-order valence-corrected chi connectivity index (χ1v) is 7.40. The van der Waals surface area contributed by atoms with E-state index in [9.17, 15) is 5.11 Å². The van der Waals surface area contributed by atoms with E-state index in [2.05, 4.69) is 38.1 Å². The van der Waals surface area contributed by atoms with Crippen LogP contribution in [0.25, 0.3) is 0 Å². The highest BCUT2D eigenvalue weighted by atomic mass is 16.3. The van der Waals surface area contributed by atoms with Gasteiger partial charge in [-0.1, -0.05) is 38.1 Å². The quantitative estimate of drug-likeness (QED) is 0.850. The van der Waals surface area contributed by atoms with Gasteiger partial charge in [0.25, 0.3) is 0 Å². The van der Waals surface area contributed by atoms with E-state index in [0.717, 1.165) is 23.8 Å². The average Bonchev–Trinajstić information content (AvgIpc) is 2.95. The summed E-state index contributed by atoms with van der Waals surface area (Å²) in [7, 11) is 0. The Balaban J connectivity index is 1.64. The molecule has 3 atom stereocenters. The lowest BCUT2D eigenvalue weighted by Crippen LogP contribution is -2.11. The molecular weight excluding hydrogens is 220 g/mol. The highest BCUT2D eigenvalue weighted by Crippen LogP contribution is 2.57. The molecule has 0 bridgehead atoms. The average molecular weight is 244 g/mol. The van der Waals surface area contributed by atoms with E-state index in [1.807, 2.05) is 0 Å². The number of hydrogen-bond acceptors (Lipinski definition) is 1. The van der Waals surface area contributed by atoms with Gasteiger partial charge in [-0.05, 0) is 60.5 Å². The summed E-state index contributed by atoms with van der Waals surface area (Å²) >= 11 is 0. The van der Waals surface area contributed by atoms with Crippen LogP contribution in [0, 0.1) is 23.7 Å². The van der Waals surface area contributed by atoms with Gasteiger partial charge in [-0.2, -0.15) is 0 Å². The van der Waals surface area contributed by atoms with Crippen molar-refractivity contribution < 1.29 is 5.11 Å². The molecule has 1 N–H and O–H groups in total. The maximum Gasteiger partial charge on any atom is 0.0818 e. The summed E-state index contributed by atoms with van der Waals surface area (Å²) in [5, 5.41) is 10.4. The van der Waals surface area contributed by atoms with Crippen LogP contribution in [0.15, 0.2) is 24.3 Å². The number of aliphatic hydroxyl groups excluding tert-OH is 1. The standard InChI is InChI=1S/C17H24O/c1-11(2)7-12-3-5-13(6-4-12)17(18)16-9-14-8-15(14)10-16/h3-6,11,14-18H,7-10H2,1-2H3. The van der Waals surface area contributed by atoms with Gasteiger partial charge in [0.15, 0.2) is 0 Å². The third-order valence-corrected chi connectivity index (χ3v) is 4.69. The molecule has 3 rings (SSSR count). The van der Waals surface area contributed by atoms with Crippen LogP contribution in [0.4, 0.5) is 0 Å². The number of fused-ring (bicyclic) bond motifs is 1.